The number of rotatable bonds is 8. The number of carbonyl (C=O) groups excluding carboxylic acids is 2. The van der Waals surface area contributed by atoms with E-state index >= 15 is 0 Å². The van der Waals surface area contributed by atoms with E-state index < -0.39 is 0 Å². The van der Waals surface area contributed by atoms with Gasteiger partial charge in [0.15, 0.2) is 0 Å². The fourth-order valence-corrected chi connectivity index (χ4v) is 2.72. The fraction of sp³-hybridized carbons (Fsp3) is 0.333. The number of nitrogens with one attached hydrogen (secondary N) is 1. The molecule has 1 N–H and O–H groups in total. The molecule has 0 saturated carbocycles. The Morgan fingerprint density at radius 1 is 0.880 bits per heavy atom. The average molecular weight is 338 g/mol. The molecule has 0 aliphatic rings. The minimum Gasteiger partial charge on any atom is -0.339 e. The average Bonchev–Trinajstić information content (AvgIpc) is 2.62. The van der Waals surface area contributed by atoms with Gasteiger partial charge in [-0.2, -0.15) is 0 Å². The first-order valence-electron chi connectivity index (χ1n) is 8.87. The lowest BCUT2D eigenvalue weighted by Gasteiger charge is -2.21. The van der Waals surface area contributed by atoms with Crippen LogP contribution in [0, 0.1) is 0 Å². The molecule has 25 heavy (non-hydrogen) atoms. The summed E-state index contributed by atoms with van der Waals surface area (Å²) in [5.41, 5.74) is 2.33. The molecule has 0 saturated heterocycles. The molecule has 0 unspecified atom stereocenters. The molecule has 4 nitrogen and oxygen atoms in total. The van der Waals surface area contributed by atoms with E-state index in [0.29, 0.717) is 17.7 Å². The summed E-state index contributed by atoms with van der Waals surface area (Å²) in [6.07, 6.45) is 2.22. The van der Waals surface area contributed by atoms with Crippen molar-refractivity contribution in [2.45, 2.75) is 33.1 Å². The highest BCUT2D eigenvalue weighted by Crippen LogP contribution is 2.13. The Labute approximate surface area is 149 Å². The third-order valence-corrected chi connectivity index (χ3v) is 3.90. The van der Waals surface area contributed by atoms with Crippen molar-refractivity contribution < 1.29 is 9.59 Å². The van der Waals surface area contributed by atoms with Crippen molar-refractivity contribution in [3.8, 4) is 0 Å². The van der Waals surface area contributed by atoms with E-state index in [1.54, 1.807) is 24.3 Å². The lowest BCUT2D eigenvalue weighted by molar-refractivity contribution is -0.115. The van der Waals surface area contributed by atoms with Crippen molar-refractivity contribution in [3.63, 3.8) is 0 Å². The van der Waals surface area contributed by atoms with E-state index in [1.165, 1.54) is 0 Å². The number of carbonyl (C=O) groups is 2. The number of anilines is 1. The van der Waals surface area contributed by atoms with Gasteiger partial charge in [0.05, 0.1) is 6.42 Å². The maximum atomic E-state index is 12.5. The molecule has 2 rings (SSSR count). The van der Waals surface area contributed by atoms with Gasteiger partial charge in [0.25, 0.3) is 5.91 Å². The normalized spacial score (nSPS) is 10.3. The summed E-state index contributed by atoms with van der Waals surface area (Å²) in [4.78, 5) is 26.5. The van der Waals surface area contributed by atoms with E-state index in [0.717, 1.165) is 31.5 Å². The first-order valence-corrected chi connectivity index (χ1v) is 8.87. The Morgan fingerprint density at radius 2 is 1.48 bits per heavy atom. The zero-order chi connectivity index (χ0) is 18.1. The number of amides is 2. The van der Waals surface area contributed by atoms with Gasteiger partial charge in [0, 0.05) is 24.3 Å². The van der Waals surface area contributed by atoms with Crippen LogP contribution < -0.4 is 5.32 Å². The predicted octanol–water partition coefficient (Wildman–Crippen LogP) is 4.13. The van der Waals surface area contributed by atoms with Crippen LogP contribution in [0.1, 0.15) is 42.6 Å². The van der Waals surface area contributed by atoms with Crippen LogP contribution in [0.5, 0.6) is 0 Å². The second kappa shape index (κ2) is 9.62. The van der Waals surface area contributed by atoms with Crippen LogP contribution in [0.25, 0.3) is 0 Å². The lowest BCUT2D eigenvalue weighted by Crippen LogP contribution is -2.32. The molecule has 0 fully saturated rings. The molecule has 0 spiro atoms. The van der Waals surface area contributed by atoms with Gasteiger partial charge < -0.3 is 10.2 Å². The van der Waals surface area contributed by atoms with Gasteiger partial charge in [-0.15, -0.1) is 0 Å². The van der Waals surface area contributed by atoms with Gasteiger partial charge in [-0.3, -0.25) is 9.59 Å². The predicted molar refractivity (Wildman–Crippen MR) is 102 cm³/mol. The molecule has 2 aromatic rings. The van der Waals surface area contributed by atoms with Gasteiger partial charge in [-0.05, 0) is 42.7 Å². The quantitative estimate of drug-likeness (QED) is 0.787. The highest BCUT2D eigenvalue weighted by molar-refractivity contribution is 5.96. The molecule has 0 aromatic heterocycles. The second-order valence-electron chi connectivity index (χ2n) is 6.08. The number of hydrogen-bond donors (Lipinski definition) is 1. The summed E-state index contributed by atoms with van der Waals surface area (Å²) in [5, 5.41) is 2.87. The molecule has 0 heterocycles. The Balaban J connectivity index is 1.96. The van der Waals surface area contributed by atoms with Crippen molar-refractivity contribution >= 4 is 17.5 Å². The molecule has 2 amide bonds. The fourth-order valence-electron chi connectivity index (χ4n) is 2.72. The molecule has 0 atom stereocenters. The molecule has 2 aromatic carbocycles. The first-order chi connectivity index (χ1) is 12.1. The van der Waals surface area contributed by atoms with E-state index in [9.17, 15) is 9.59 Å². The van der Waals surface area contributed by atoms with Crippen molar-refractivity contribution in [2.75, 3.05) is 18.4 Å². The maximum absolute atomic E-state index is 12.5. The minimum atomic E-state index is -0.0659. The standard InChI is InChI=1S/C21H26N2O2/c1-3-14-23(15-4-2)21(25)18-10-12-19(13-11-18)22-20(24)16-17-8-6-5-7-9-17/h5-13H,3-4,14-16H2,1-2H3,(H,22,24). The van der Waals surface area contributed by atoms with Crippen LogP contribution in [-0.2, 0) is 11.2 Å². The van der Waals surface area contributed by atoms with Crippen molar-refractivity contribution in [3.05, 3.63) is 65.7 Å². The number of hydrogen-bond acceptors (Lipinski definition) is 2. The van der Waals surface area contributed by atoms with Crippen molar-refractivity contribution in [2.24, 2.45) is 0 Å². The summed E-state index contributed by atoms with van der Waals surface area (Å²) in [7, 11) is 0. The highest BCUT2D eigenvalue weighted by Gasteiger charge is 2.14. The second-order valence-corrected chi connectivity index (χ2v) is 6.08. The SMILES string of the molecule is CCCN(CCC)C(=O)c1ccc(NC(=O)Cc2ccccc2)cc1. The first kappa shape index (κ1) is 18.7. The molecule has 0 aliphatic heterocycles. The zero-order valence-electron chi connectivity index (χ0n) is 15.0. The largest absolute Gasteiger partial charge is 0.339 e. The van der Waals surface area contributed by atoms with Crippen LogP contribution in [0.3, 0.4) is 0 Å². The Hall–Kier alpha value is -2.62. The van der Waals surface area contributed by atoms with E-state index in [2.05, 4.69) is 19.2 Å². The van der Waals surface area contributed by atoms with Crippen LogP contribution in [-0.4, -0.2) is 29.8 Å². The number of nitrogens with zero attached hydrogens (tertiary/aromatic N) is 1. The molecule has 0 bridgehead atoms. The topological polar surface area (TPSA) is 49.4 Å². The molecule has 132 valence electrons. The highest BCUT2D eigenvalue weighted by atomic mass is 16.2. The molecule has 4 heteroatoms. The maximum Gasteiger partial charge on any atom is 0.253 e. The van der Waals surface area contributed by atoms with Gasteiger partial charge in [-0.1, -0.05) is 44.2 Å². The Kier molecular flexibility index (Phi) is 7.20. The van der Waals surface area contributed by atoms with Crippen LogP contribution in [0.15, 0.2) is 54.6 Å². The Morgan fingerprint density at radius 3 is 2.04 bits per heavy atom. The van der Waals surface area contributed by atoms with Gasteiger partial charge >= 0.3 is 0 Å². The smallest absolute Gasteiger partial charge is 0.253 e. The molecule has 0 radical (unpaired) electrons. The molecular weight excluding hydrogens is 312 g/mol. The van der Waals surface area contributed by atoms with E-state index in [-0.39, 0.29) is 11.8 Å². The minimum absolute atomic E-state index is 0.0471. The molecule has 0 aliphatic carbocycles. The third-order valence-electron chi connectivity index (χ3n) is 3.90. The Bertz CT molecular complexity index is 675. The monoisotopic (exact) mass is 338 g/mol. The van der Waals surface area contributed by atoms with Crippen molar-refractivity contribution in [1.29, 1.82) is 0 Å². The summed E-state index contributed by atoms with van der Waals surface area (Å²) in [5.74, 6) is -0.0188. The summed E-state index contributed by atoms with van der Waals surface area (Å²) >= 11 is 0. The lowest BCUT2D eigenvalue weighted by atomic mass is 10.1. The summed E-state index contributed by atoms with van der Waals surface area (Å²) < 4.78 is 0. The summed E-state index contributed by atoms with van der Waals surface area (Å²) in [6.45, 7) is 5.67. The van der Waals surface area contributed by atoms with Crippen LogP contribution in [0.4, 0.5) is 5.69 Å². The van der Waals surface area contributed by atoms with E-state index in [4.69, 9.17) is 0 Å². The van der Waals surface area contributed by atoms with Crippen LogP contribution in [0.2, 0.25) is 0 Å². The molecular formula is C21H26N2O2. The van der Waals surface area contributed by atoms with Gasteiger partial charge in [0.1, 0.15) is 0 Å². The zero-order valence-corrected chi connectivity index (χ0v) is 15.0. The van der Waals surface area contributed by atoms with E-state index in [1.807, 2.05) is 35.2 Å². The number of benzene rings is 2. The van der Waals surface area contributed by atoms with Gasteiger partial charge in [-0.25, -0.2) is 0 Å². The van der Waals surface area contributed by atoms with Gasteiger partial charge in [0.2, 0.25) is 5.91 Å². The van der Waals surface area contributed by atoms with Crippen molar-refractivity contribution in [1.82, 2.24) is 4.90 Å². The third kappa shape index (κ3) is 5.75. The van der Waals surface area contributed by atoms with Crippen LogP contribution >= 0.6 is 0 Å². The summed E-state index contributed by atoms with van der Waals surface area (Å²) in [6, 6.07) is 16.7.